The molecule has 0 heterocycles. The lowest BCUT2D eigenvalue weighted by Crippen LogP contribution is -2.51. The molecule has 1 aliphatic rings. The summed E-state index contributed by atoms with van der Waals surface area (Å²) in [5.74, 6) is -0.257. The van der Waals surface area contributed by atoms with Crippen LogP contribution in [-0.2, 0) is 9.84 Å². The van der Waals surface area contributed by atoms with Gasteiger partial charge in [-0.1, -0.05) is 18.9 Å². The Hall–Kier alpha value is -1.40. The van der Waals surface area contributed by atoms with Gasteiger partial charge in [0.15, 0.2) is 9.84 Å². The maximum absolute atomic E-state index is 12.4. The van der Waals surface area contributed by atoms with E-state index in [1.165, 1.54) is 6.07 Å². The first kappa shape index (κ1) is 16.0. The topological polar surface area (TPSA) is 89.3 Å². The second kappa shape index (κ2) is 5.77. The van der Waals surface area contributed by atoms with E-state index in [0.29, 0.717) is 17.7 Å². The fraction of sp³-hybridized carbons (Fsp3) is 0.533. The lowest BCUT2D eigenvalue weighted by molar-refractivity contribution is 0.0903. The molecule has 21 heavy (non-hydrogen) atoms. The normalized spacial score (nSPS) is 17.7. The monoisotopic (exact) mass is 310 g/mol. The lowest BCUT2D eigenvalue weighted by atomic mass is 9.97. The average molecular weight is 310 g/mol. The standard InChI is InChI=1S/C15H22N2O3S/c1-11-5-6-12(9-13(11)21(2,19)20)14(18)17-15(10-16)7-3-4-8-15/h5-6,9H,3-4,7-8,10,16H2,1-2H3,(H,17,18). The highest BCUT2D eigenvalue weighted by molar-refractivity contribution is 7.90. The van der Waals surface area contributed by atoms with Crippen LogP contribution in [0.25, 0.3) is 0 Å². The SMILES string of the molecule is Cc1ccc(C(=O)NC2(CN)CCCC2)cc1S(C)(=O)=O. The van der Waals surface area contributed by atoms with Gasteiger partial charge in [-0.25, -0.2) is 8.42 Å². The molecule has 1 aromatic carbocycles. The quantitative estimate of drug-likeness (QED) is 0.879. The molecule has 116 valence electrons. The van der Waals surface area contributed by atoms with Gasteiger partial charge in [-0.2, -0.15) is 0 Å². The highest BCUT2D eigenvalue weighted by Gasteiger charge is 2.34. The maximum atomic E-state index is 12.4. The van der Waals surface area contributed by atoms with Crippen LogP contribution in [-0.4, -0.2) is 32.7 Å². The number of hydrogen-bond donors (Lipinski definition) is 2. The van der Waals surface area contributed by atoms with E-state index in [-0.39, 0.29) is 16.3 Å². The fourth-order valence-corrected chi connectivity index (χ4v) is 3.88. The average Bonchev–Trinajstić information content (AvgIpc) is 2.87. The molecule has 2 rings (SSSR count). The Morgan fingerprint density at radius 1 is 1.33 bits per heavy atom. The predicted molar refractivity (Wildman–Crippen MR) is 82.0 cm³/mol. The van der Waals surface area contributed by atoms with E-state index in [2.05, 4.69) is 5.32 Å². The first-order chi connectivity index (χ1) is 9.77. The number of hydrogen-bond acceptors (Lipinski definition) is 4. The van der Waals surface area contributed by atoms with Crippen molar-refractivity contribution in [2.45, 2.75) is 43.0 Å². The van der Waals surface area contributed by atoms with E-state index < -0.39 is 9.84 Å². The van der Waals surface area contributed by atoms with Gasteiger partial charge in [0.25, 0.3) is 5.91 Å². The number of carbonyl (C=O) groups excluding carboxylic acids is 1. The van der Waals surface area contributed by atoms with Crippen molar-refractivity contribution in [3.8, 4) is 0 Å². The van der Waals surface area contributed by atoms with Gasteiger partial charge in [-0.15, -0.1) is 0 Å². The van der Waals surface area contributed by atoms with Gasteiger partial charge in [0.2, 0.25) is 0 Å². The van der Waals surface area contributed by atoms with Crippen molar-refractivity contribution in [2.75, 3.05) is 12.8 Å². The van der Waals surface area contributed by atoms with Crippen LogP contribution in [0.1, 0.15) is 41.6 Å². The molecule has 0 atom stereocenters. The van der Waals surface area contributed by atoms with E-state index in [9.17, 15) is 13.2 Å². The summed E-state index contributed by atoms with van der Waals surface area (Å²) < 4.78 is 23.5. The number of benzene rings is 1. The van der Waals surface area contributed by atoms with E-state index in [1.807, 2.05) is 0 Å². The lowest BCUT2D eigenvalue weighted by Gasteiger charge is -2.28. The van der Waals surface area contributed by atoms with E-state index in [0.717, 1.165) is 31.9 Å². The van der Waals surface area contributed by atoms with Gasteiger partial charge < -0.3 is 11.1 Å². The molecular weight excluding hydrogens is 288 g/mol. The van der Waals surface area contributed by atoms with Gasteiger partial charge in [-0.05, 0) is 37.5 Å². The van der Waals surface area contributed by atoms with Crippen LogP contribution in [0.2, 0.25) is 0 Å². The highest BCUT2D eigenvalue weighted by atomic mass is 32.2. The number of nitrogens with two attached hydrogens (primary N) is 1. The number of nitrogens with one attached hydrogen (secondary N) is 1. The van der Waals surface area contributed by atoms with Crippen LogP contribution >= 0.6 is 0 Å². The number of sulfone groups is 1. The van der Waals surface area contributed by atoms with Crippen molar-refractivity contribution < 1.29 is 13.2 Å². The van der Waals surface area contributed by atoms with E-state index in [1.54, 1.807) is 19.1 Å². The van der Waals surface area contributed by atoms with Crippen molar-refractivity contribution >= 4 is 15.7 Å². The van der Waals surface area contributed by atoms with E-state index >= 15 is 0 Å². The minimum absolute atomic E-state index is 0.198. The molecule has 0 saturated heterocycles. The molecule has 1 aliphatic carbocycles. The molecule has 1 amide bonds. The van der Waals surface area contributed by atoms with Crippen molar-refractivity contribution in [3.63, 3.8) is 0 Å². The second-order valence-corrected chi connectivity index (χ2v) is 7.88. The van der Waals surface area contributed by atoms with Crippen molar-refractivity contribution in [2.24, 2.45) is 5.73 Å². The Kier molecular flexibility index (Phi) is 4.39. The first-order valence-electron chi connectivity index (χ1n) is 7.11. The molecule has 6 heteroatoms. The first-order valence-corrected chi connectivity index (χ1v) is 9.00. The minimum atomic E-state index is -3.34. The molecule has 0 bridgehead atoms. The van der Waals surface area contributed by atoms with Gasteiger partial charge >= 0.3 is 0 Å². The molecule has 0 radical (unpaired) electrons. The third-order valence-corrected chi connectivity index (χ3v) is 5.42. The zero-order valence-corrected chi connectivity index (χ0v) is 13.3. The predicted octanol–water partition coefficient (Wildman–Crippen LogP) is 1.40. The third-order valence-electron chi connectivity index (χ3n) is 4.18. The Balaban J connectivity index is 2.28. The number of aryl methyl sites for hydroxylation is 1. The van der Waals surface area contributed by atoms with Crippen molar-refractivity contribution in [1.82, 2.24) is 5.32 Å². The zero-order chi connectivity index (χ0) is 15.7. The molecule has 0 aromatic heterocycles. The van der Waals surface area contributed by atoms with Crippen LogP contribution in [0.4, 0.5) is 0 Å². The molecule has 0 spiro atoms. The van der Waals surface area contributed by atoms with Gasteiger partial charge in [-0.3, -0.25) is 4.79 Å². The van der Waals surface area contributed by atoms with Gasteiger partial charge in [0, 0.05) is 18.4 Å². The van der Waals surface area contributed by atoms with Crippen molar-refractivity contribution in [1.29, 1.82) is 0 Å². The summed E-state index contributed by atoms with van der Waals surface area (Å²) in [5.41, 5.74) is 6.47. The summed E-state index contributed by atoms with van der Waals surface area (Å²) in [6.07, 6.45) is 5.01. The Labute approximate surface area is 125 Å². The number of amides is 1. The Morgan fingerprint density at radius 2 is 1.95 bits per heavy atom. The zero-order valence-electron chi connectivity index (χ0n) is 12.5. The number of carbonyl (C=O) groups is 1. The number of rotatable bonds is 4. The molecule has 0 unspecified atom stereocenters. The van der Waals surface area contributed by atoms with E-state index in [4.69, 9.17) is 5.73 Å². The van der Waals surface area contributed by atoms with Gasteiger partial charge in [0.05, 0.1) is 10.4 Å². The summed E-state index contributed by atoms with van der Waals surface area (Å²) in [4.78, 5) is 12.6. The molecule has 0 aliphatic heterocycles. The Morgan fingerprint density at radius 3 is 2.48 bits per heavy atom. The second-order valence-electron chi connectivity index (χ2n) is 5.90. The van der Waals surface area contributed by atoms with Gasteiger partial charge in [0.1, 0.15) is 0 Å². The molecule has 1 aromatic rings. The molecule has 3 N–H and O–H groups in total. The van der Waals surface area contributed by atoms with Crippen LogP contribution in [0.15, 0.2) is 23.1 Å². The third kappa shape index (κ3) is 3.44. The molecule has 5 nitrogen and oxygen atoms in total. The van der Waals surface area contributed by atoms with Crippen LogP contribution in [0.3, 0.4) is 0 Å². The van der Waals surface area contributed by atoms with Crippen LogP contribution < -0.4 is 11.1 Å². The summed E-state index contributed by atoms with van der Waals surface area (Å²) >= 11 is 0. The molecule has 1 fully saturated rings. The summed E-state index contributed by atoms with van der Waals surface area (Å²) in [6, 6.07) is 4.76. The summed E-state index contributed by atoms with van der Waals surface area (Å²) in [7, 11) is -3.34. The highest BCUT2D eigenvalue weighted by Crippen LogP contribution is 2.29. The minimum Gasteiger partial charge on any atom is -0.345 e. The van der Waals surface area contributed by atoms with Crippen molar-refractivity contribution in [3.05, 3.63) is 29.3 Å². The smallest absolute Gasteiger partial charge is 0.251 e. The summed E-state index contributed by atoms with van der Waals surface area (Å²) in [6.45, 7) is 2.12. The van der Waals surface area contributed by atoms with Crippen LogP contribution in [0.5, 0.6) is 0 Å². The Bertz CT molecular complexity index is 647. The molecule has 1 saturated carbocycles. The van der Waals surface area contributed by atoms with Crippen LogP contribution in [0, 0.1) is 6.92 Å². The largest absolute Gasteiger partial charge is 0.345 e. The summed E-state index contributed by atoms with van der Waals surface area (Å²) in [5, 5.41) is 3.00. The fourth-order valence-electron chi connectivity index (χ4n) is 2.89. The molecular formula is C15H22N2O3S. The maximum Gasteiger partial charge on any atom is 0.251 e.